The van der Waals surface area contributed by atoms with Crippen LogP contribution < -0.4 is 0 Å². The molecule has 3 heterocycles. The molecule has 0 saturated carbocycles. The van der Waals surface area contributed by atoms with Crippen LogP contribution in [0.1, 0.15) is 29.5 Å². The molecular formula is C21H28N6O. The predicted molar refractivity (Wildman–Crippen MR) is 108 cm³/mol. The van der Waals surface area contributed by atoms with Gasteiger partial charge in [-0.25, -0.2) is 0 Å². The Balaban J connectivity index is 1.50. The van der Waals surface area contributed by atoms with E-state index in [4.69, 9.17) is 0 Å². The normalized spacial score (nSPS) is 16.1. The van der Waals surface area contributed by atoms with E-state index in [0.29, 0.717) is 6.54 Å². The molecule has 0 amide bonds. The highest BCUT2D eigenvalue weighted by molar-refractivity contribution is 5.62. The van der Waals surface area contributed by atoms with Crippen molar-refractivity contribution in [2.24, 2.45) is 0 Å². The summed E-state index contributed by atoms with van der Waals surface area (Å²) in [7, 11) is 3.92. The maximum absolute atomic E-state index is 10.4. The van der Waals surface area contributed by atoms with Crippen molar-refractivity contribution in [3.63, 3.8) is 0 Å². The number of aromatic nitrogens is 4. The van der Waals surface area contributed by atoms with Crippen molar-refractivity contribution in [1.29, 1.82) is 0 Å². The van der Waals surface area contributed by atoms with E-state index in [1.807, 2.05) is 43.4 Å². The lowest BCUT2D eigenvalue weighted by atomic mass is 10.1. The van der Waals surface area contributed by atoms with Crippen molar-refractivity contribution in [1.82, 2.24) is 29.8 Å². The van der Waals surface area contributed by atoms with Crippen molar-refractivity contribution >= 4 is 0 Å². The van der Waals surface area contributed by atoms with Gasteiger partial charge in [0.15, 0.2) is 0 Å². The van der Waals surface area contributed by atoms with Crippen molar-refractivity contribution in [2.75, 3.05) is 27.2 Å². The van der Waals surface area contributed by atoms with Gasteiger partial charge < -0.3 is 10.0 Å². The van der Waals surface area contributed by atoms with Crippen LogP contribution in [0.15, 0.2) is 42.6 Å². The van der Waals surface area contributed by atoms with Gasteiger partial charge >= 0.3 is 0 Å². The number of fused-ring (bicyclic) bond motifs is 1. The SMILES string of the molecule is CN(C)C[C@@H](O)c1cc2n(n1)CCCN(Cc1cn[nH]c1-c1ccccc1)C2. The molecule has 148 valence electrons. The molecule has 0 radical (unpaired) electrons. The van der Waals surface area contributed by atoms with Crippen LogP contribution in [0.3, 0.4) is 0 Å². The zero-order chi connectivity index (χ0) is 19.5. The molecule has 7 nitrogen and oxygen atoms in total. The number of hydrogen-bond acceptors (Lipinski definition) is 5. The van der Waals surface area contributed by atoms with Crippen molar-refractivity contribution < 1.29 is 5.11 Å². The van der Waals surface area contributed by atoms with E-state index in [1.165, 1.54) is 5.56 Å². The lowest BCUT2D eigenvalue weighted by Crippen LogP contribution is -2.23. The van der Waals surface area contributed by atoms with Crippen molar-refractivity contribution in [3.05, 3.63) is 59.5 Å². The molecule has 1 atom stereocenters. The largest absolute Gasteiger partial charge is 0.385 e. The first-order valence-electron chi connectivity index (χ1n) is 9.79. The van der Waals surface area contributed by atoms with Gasteiger partial charge in [0.2, 0.25) is 0 Å². The number of aliphatic hydroxyl groups excluding tert-OH is 1. The van der Waals surface area contributed by atoms with Crippen LogP contribution in [0.2, 0.25) is 0 Å². The second-order valence-corrected chi connectivity index (χ2v) is 7.76. The highest BCUT2D eigenvalue weighted by Crippen LogP contribution is 2.24. The number of nitrogens with one attached hydrogen (secondary N) is 1. The first-order valence-corrected chi connectivity index (χ1v) is 9.79. The smallest absolute Gasteiger partial charge is 0.110 e. The average Bonchev–Trinajstić information content (AvgIpc) is 3.25. The summed E-state index contributed by atoms with van der Waals surface area (Å²) in [4.78, 5) is 4.41. The van der Waals surface area contributed by atoms with E-state index in [0.717, 1.165) is 55.2 Å². The molecule has 7 heteroatoms. The van der Waals surface area contributed by atoms with E-state index in [1.54, 1.807) is 0 Å². The maximum Gasteiger partial charge on any atom is 0.110 e. The van der Waals surface area contributed by atoms with Gasteiger partial charge in [-0.3, -0.25) is 14.7 Å². The Kier molecular flexibility index (Phi) is 5.57. The van der Waals surface area contributed by atoms with E-state index in [2.05, 4.69) is 43.1 Å². The van der Waals surface area contributed by atoms with Gasteiger partial charge in [0.05, 0.1) is 23.3 Å². The fourth-order valence-corrected chi connectivity index (χ4v) is 3.81. The summed E-state index contributed by atoms with van der Waals surface area (Å²) in [6, 6.07) is 12.4. The average molecular weight is 380 g/mol. The van der Waals surface area contributed by atoms with Crippen LogP contribution in [0.25, 0.3) is 11.3 Å². The van der Waals surface area contributed by atoms with Crippen molar-refractivity contribution in [3.8, 4) is 11.3 Å². The molecule has 2 aromatic heterocycles. The Morgan fingerprint density at radius 1 is 1.21 bits per heavy atom. The Hall–Kier alpha value is -2.48. The minimum atomic E-state index is -0.554. The summed E-state index contributed by atoms with van der Waals surface area (Å²) in [5.41, 5.74) is 5.37. The van der Waals surface area contributed by atoms with Gasteiger partial charge in [-0.2, -0.15) is 10.2 Å². The maximum atomic E-state index is 10.4. The summed E-state index contributed by atoms with van der Waals surface area (Å²) in [5, 5.41) is 22.5. The number of likely N-dealkylation sites (N-methyl/N-ethyl adjacent to an activating group) is 1. The standard InChI is InChI=1S/C21H28N6O/c1-25(2)15-20(28)19-11-18-14-26(9-6-10-27(18)24-19)13-17-12-22-23-21(17)16-7-4-3-5-8-16/h3-5,7-8,11-12,20,28H,6,9-10,13-15H2,1-2H3,(H,22,23)/t20-/m1/s1. The highest BCUT2D eigenvalue weighted by atomic mass is 16.3. The zero-order valence-electron chi connectivity index (χ0n) is 16.5. The third kappa shape index (κ3) is 4.16. The first-order chi connectivity index (χ1) is 13.6. The second kappa shape index (κ2) is 8.26. The van der Waals surface area contributed by atoms with Crippen LogP contribution in [0, 0.1) is 0 Å². The van der Waals surface area contributed by atoms with Crippen LogP contribution >= 0.6 is 0 Å². The molecule has 0 fully saturated rings. The number of hydrogen-bond donors (Lipinski definition) is 2. The van der Waals surface area contributed by atoms with Gasteiger partial charge in [0.1, 0.15) is 6.10 Å². The molecule has 1 aromatic carbocycles. The third-order valence-corrected chi connectivity index (χ3v) is 5.17. The number of aryl methyl sites for hydroxylation is 1. The van der Waals surface area contributed by atoms with Crippen LogP contribution in [-0.4, -0.2) is 62.1 Å². The quantitative estimate of drug-likeness (QED) is 0.686. The number of aliphatic hydroxyl groups is 1. The zero-order valence-corrected chi connectivity index (χ0v) is 16.5. The molecule has 1 aliphatic rings. The van der Waals surface area contributed by atoms with E-state index < -0.39 is 6.10 Å². The summed E-state index contributed by atoms with van der Waals surface area (Å²) in [6.45, 7) is 4.13. The summed E-state index contributed by atoms with van der Waals surface area (Å²) in [5.74, 6) is 0. The molecule has 0 aliphatic carbocycles. The van der Waals surface area contributed by atoms with Gasteiger partial charge in [-0.15, -0.1) is 0 Å². The minimum Gasteiger partial charge on any atom is -0.385 e. The molecule has 2 N–H and O–H groups in total. The highest BCUT2D eigenvalue weighted by Gasteiger charge is 2.21. The van der Waals surface area contributed by atoms with Crippen LogP contribution in [-0.2, 0) is 19.6 Å². The number of nitrogens with zero attached hydrogens (tertiary/aromatic N) is 5. The lowest BCUT2D eigenvalue weighted by Gasteiger charge is -2.19. The number of rotatable bonds is 6. The molecule has 4 rings (SSSR count). The number of benzene rings is 1. The minimum absolute atomic E-state index is 0.554. The topological polar surface area (TPSA) is 73.2 Å². The van der Waals surface area contributed by atoms with Gasteiger partial charge in [-0.05, 0) is 32.1 Å². The Labute approximate surface area is 165 Å². The van der Waals surface area contributed by atoms with Crippen LogP contribution in [0.5, 0.6) is 0 Å². The fraction of sp³-hybridized carbons (Fsp3) is 0.429. The van der Waals surface area contributed by atoms with E-state index >= 15 is 0 Å². The number of H-pyrrole nitrogens is 1. The monoisotopic (exact) mass is 380 g/mol. The summed E-state index contributed by atoms with van der Waals surface area (Å²) >= 11 is 0. The summed E-state index contributed by atoms with van der Waals surface area (Å²) in [6.07, 6.45) is 2.41. The Morgan fingerprint density at radius 3 is 2.82 bits per heavy atom. The third-order valence-electron chi connectivity index (χ3n) is 5.17. The van der Waals surface area contributed by atoms with E-state index in [9.17, 15) is 5.11 Å². The molecule has 0 saturated heterocycles. The molecular weight excluding hydrogens is 352 g/mol. The first kappa shape index (κ1) is 18.9. The summed E-state index contributed by atoms with van der Waals surface area (Å²) < 4.78 is 2.06. The second-order valence-electron chi connectivity index (χ2n) is 7.76. The lowest BCUT2D eigenvalue weighted by molar-refractivity contribution is 0.133. The van der Waals surface area contributed by atoms with Gasteiger partial charge in [-0.1, -0.05) is 30.3 Å². The molecule has 28 heavy (non-hydrogen) atoms. The van der Waals surface area contributed by atoms with Gasteiger partial charge in [0.25, 0.3) is 0 Å². The predicted octanol–water partition coefficient (Wildman–Crippen LogP) is 2.27. The Morgan fingerprint density at radius 2 is 2.04 bits per heavy atom. The fourth-order valence-electron chi connectivity index (χ4n) is 3.81. The molecule has 0 unspecified atom stereocenters. The Bertz CT molecular complexity index is 901. The molecule has 3 aromatic rings. The molecule has 0 spiro atoms. The van der Waals surface area contributed by atoms with Crippen LogP contribution in [0.4, 0.5) is 0 Å². The van der Waals surface area contributed by atoms with Crippen molar-refractivity contribution in [2.45, 2.75) is 32.2 Å². The molecule has 1 aliphatic heterocycles. The van der Waals surface area contributed by atoms with E-state index in [-0.39, 0.29) is 0 Å². The van der Waals surface area contributed by atoms with Gasteiger partial charge in [0, 0.05) is 38.3 Å². The number of aromatic amines is 1. The molecule has 0 bridgehead atoms.